The van der Waals surface area contributed by atoms with E-state index in [1.807, 2.05) is 30.8 Å². The van der Waals surface area contributed by atoms with Crippen LogP contribution in [0, 0.1) is 11.8 Å². The molecule has 1 saturated carbocycles. The Hall–Kier alpha value is -2.04. The molecule has 3 aliphatic heterocycles. The van der Waals surface area contributed by atoms with Crippen LogP contribution in [0.25, 0.3) is 0 Å². The third-order valence-corrected chi connectivity index (χ3v) is 11.7. The Morgan fingerprint density at radius 2 is 2.20 bits per heavy atom. The minimum atomic E-state index is -1.65. The molecule has 1 aliphatic carbocycles. The summed E-state index contributed by atoms with van der Waals surface area (Å²) in [6.07, 6.45) is 12.2. The zero-order valence-corrected chi connectivity index (χ0v) is 26.2. The van der Waals surface area contributed by atoms with Crippen molar-refractivity contribution in [3.8, 4) is 0 Å². The molecular formula is C31H40ClN3O4S2. The Morgan fingerprint density at radius 1 is 1.37 bits per heavy atom. The predicted octanol–water partition coefficient (Wildman–Crippen LogP) is 5.45. The van der Waals surface area contributed by atoms with E-state index < -0.39 is 16.5 Å². The molecule has 1 aromatic rings. The average molecular weight is 618 g/mol. The third kappa shape index (κ3) is 6.34. The zero-order chi connectivity index (χ0) is 29.1. The van der Waals surface area contributed by atoms with Crippen LogP contribution >= 0.6 is 23.4 Å². The molecule has 3 heterocycles. The van der Waals surface area contributed by atoms with E-state index in [1.54, 1.807) is 7.11 Å². The summed E-state index contributed by atoms with van der Waals surface area (Å²) in [7, 11) is 0.125. The van der Waals surface area contributed by atoms with Gasteiger partial charge in [-0.2, -0.15) is 4.05 Å². The molecule has 4 atom stereocenters. The first kappa shape index (κ1) is 30.4. The number of methoxy groups -OCH3 is 1. The van der Waals surface area contributed by atoms with E-state index in [1.165, 1.54) is 17.2 Å². The molecule has 0 unspecified atom stereocenters. The summed E-state index contributed by atoms with van der Waals surface area (Å²) in [6, 6.07) is 6.20. The van der Waals surface area contributed by atoms with Gasteiger partial charge in [0.2, 0.25) is 0 Å². The Labute approximate surface area is 254 Å². The Morgan fingerprint density at radius 3 is 2.93 bits per heavy atom. The van der Waals surface area contributed by atoms with Crippen molar-refractivity contribution >= 4 is 39.9 Å². The first-order valence-corrected chi connectivity index (χ1v) is 16.9. The predicted molar refractivity (Wildman–Crippen MR) is 166 cm³/mol. The monoisotopic (exact) mass is 617 g/mol. The molecule has 0 saturated heterocycles. The molecule has 5 rings (SSSR count). The fourth-order valence-corrected chi connectivity index (χ4v) is 8.93. The number of amides is 1. The number of aryl methyl sites for hydroxylation is 1. The first-order chi connectivity index (χ1) is 19.8. The second-order valence-electron chi connectivity index (χ2n) is 11.2. The normalized spacial score (nSPS) is 32.0. The van der Waals surface area contributed by atoms with Crippen LogP contribution in [0.5, 0.6) is 0 Å². The van der Waals surface area contributed by atoms with E-state index in [-0.39, 0.29) is 16.4 Å². The standard InChI is InChI=1S/C31H40ClN3O4S2/c1-4-22-17-28-21(2)39-20-31(27-12-10-25(32)16-23(27)13-14-40-31)19-34(28)18-24-9-11-26(24)29(38-3)8-6-5-7-15-41(37)35(33)30(22)36/h4,6,8,10,12,16-17,24,26,29H,1,5,7,9,11,13-15,18-20,33H2,2-3H3/b8-6+,22-17+/t24-,26+,29-,31+/m0/s1. The van der Waals surface area contributed by atoms with E-state index in [0.717, 1.165) is 58.5 Å². The van der Waals surface area contributed by atoms with E-state index >= 15 is 0 Å². The molecule has 222 valence electrons. The van der Waals surface area contributed by atoms with Gasteiger partial charge in [0.15, 0.2) is 0 Å². The van der Waals surface area contributed by atoms with Crippen LogP contribution < -0.4 is 5.84 Å². The minimum Gasteiger partial charge on any atom is -0.494 e. The van der Waals surface area contributed by atoms with Crippen molar-refractivity contribution in [2.45, 2.75) is 49.9 Å². The second kappa shape index (κ2) is 13.1. The number of carbonyl (C=O) groups excluding carboxylic acids is 1. The Balaban J connectivity index is 1.60. The molecule has 0 bridgehead atoms. The van der Waals surface area contributed by atoms with Gasteiger partial charge in [0.05, 0.1) is 22.1 Å². The van der Waals surface area contributed by atoms with E-state index in [4.69, 9.17) is 26.9 Å². The molecule has 10 heteroatoms. The highest BCUT2D eigenvalue weighted by molar-refractivity contribution is 8.00. The summed E-state index contributed by atoms with van der Waals surface area (Å²) in [5, 5.41) is 0.747. The van der Waals surface area contributed by atoms with E-state index in [0.29, 0.717) is 37.2 Å². The van der Waals surface area contributed by atoms with Gasteiger partial charge in [-0.15, -0.1) is 17.6 Å². The van der Waals surface area contributed by atoms with Gasteiger partial charge >= 0.3 is 5.91 Å². The van der Waals surface area contributed by atoms with Gasteiger partial charge in [0.25, 0.3) is 0 Å². The molecule has 1 fully saturated rings. The van der Waals surface area contributed by atoms with Crippen LogP contribution in [-0.2, 0) is 40.2 Å². The van der Waals surface area contributed by atoms with Gasteiger partial charge in [-0.1, -0.05) is 48.9 Å². The second-order valence-corrected chi connectivity index (χ2v) is 14.6. The van der Waals surface area contributed by atoms with Crippen LogP contribution in [0.15, 0.2) is 66.1 Å². The highest BCUT2D eigenvalue weighted by Crippen LogP contribution is 2.48. The summed E-state index contributed by atoms with van der Waals surface area (Å²) in [6.45, 7) is 7.87. The lowest BCUT2D eigenvalue weighted by Gasteiger charge is -2.46. The van der Waals surface area contributed by atoms with E-state index in [9.17, 15) is 9.00 Å². The molecule has 7 nitrogen and oxygen atoms in total. The average Bonchev–Trinajstić information content (AvgIpc) is 3.08. The number of nitrogens with zero attached hydrogens (tertiary/aromatic N) is 2. The molecule has 4 aliphatic rings. The molecule has 1 spiro atoms. The van der Waals surface area contributed by atoms with Crippen molar-refractivity contribution in [3.05, 3.63) is 82.3 Å². The van der Waals surface area contributed by atoms with Crippen LogP contribution in [0.4, 0.5) is 0 Å². The van der Waals surface area contributed by atoms with Crippen molar-refractivity contribution in [1.29, 1.82) is 0 Å². The van der Waals surface area contributed by atoms with Gasteiger partial charge in [0, 0.05) is 25.2 Å². The smallest absolute Gasteiger partial charge is 0.421 e. The maximum Gasteiger partial charge on any atom is 0.421 e. The Bertz CT molecular complexity index is 1380. The molecule has 2 N–H and O–H groups in total. The number of ether oxygens (including phenoxy) is 2. The van der Waals surface area contributed by atoms with Gasteiger partial charge in [-0.25, -0.2) is 4.79 Å². The van der Waals surface area contributed by atoms with Crippen molar-refractivity contribution in [2.75, 3.05) is 38.3 Å². The number of thioether (sulfide) groups is 1. The first-order valence-electron chi connectivity index (χ1n) is 14.3. The maximum atomic E-state index is 13.4. The molecular weight excluding hydrogens is 578 g/mol. The van der Waals surface area contributed by atoms with Crippen molar-refractivity contribution in [3.63, 3.8) is 0 Å². The lowest BCUT2D eigenvalue weighted by Crippen LogP contribution is -2.47. The summed E-state index contributed by atoms with van der Waals surface area (Å²) in [5.74, 6) is 8.38. The lowest BCUT2D eigenvalue weighted by molar-refractivity contribution is -0.432. The molecule has 1 aromatic carbocycles. The van der Waals surface area contributed by atoms with Crippen LogP contribution in [0.2, 0.25) is 5.02 Å². The fraction of sp³-hybridized carbons (Fsp3) is 0.516. The number of halogens is 1. The van der Waals surface area contributed by atoms with Crippen molar-refractivity contribution in [2.24, 2.45) is 17.7 Å². The lowest BCUT2D eigenvalue weighted by atomic mass is 9.70. The molecule has 0 aromatic heterocycles. The topological polar surface area (TPSA) is 84.9 Å². The third-order valence-electron chi connectivity index (χ3n) is 8.80. The van der Waals surface area contributed by atoms with Gasteiger partial charge in [-0.05, 0) is 95.9 Å². The minimum absolute atomic E-state index is 0.0247. The van der Waals surface area contributed by atoms with E-state index in [2.05, 4.69) is 35.8 Å². The number of nitrogens with two attached hydrogens (primary N) is 1. The maximum absolute atomic E-state index is 13.4. The quantitative estimate of drug-likeness (QED) is 0.155. The highest BCUT2D eigenvalue weighted by atomic mass is 35.5. The van der Waals surface area contributed by atoms with Crippen molar-refractivity contribution in [1.82, 2.24) is 4.90 Å². The van der Waals surface area contributed by atoms with Gasteiger partial charge in [0.1, 0.15) is 12.4 Å². The zero-order valence-electron chi connectivity index (χ0n) is 23.9. The summed E-state index contributed by atoms with van der Waals surface area (Å²) in [5.41, 5.74) is 3.64. The largest absolute Gasteiger partial charge is 0.494 e. The van der Waals surface area contributed by atoms with Crippen molar-refractivity contribution < 1.29 is 22.5 Å². The fourth-order valence-electron chi connectivity index (χ4n) is 6.38. The number of allylic oxidation sites excluding steroid dienone is 3. The molecule has 41 heavy (non-hydrogen) atoms. The summed E-state index contributed by atoms with van der Waals surface area (Å²) in [4.78, 5) is 15.8. The SMILES string of the molecule is C=C/C1=C\C2=C(C)OC[C@@]3(CN2C[C@@H]2CC[C@H]2[C@@H](OC)/C=C/CCC[S-](=O)=[N+](N)C1=O)SCCc1cc(Cl)ccc13. The Kier molecular flexibility index (Phi) is 9.71. The number of hydrazine groups is 1. The highest BCUT2D eigenvalue weighted by Gasteiger charge is 2.45. The number of hydrogen-bond donors (Lipinski definition) is 1. The number of hydrogen-bond acceptors (Lipinski definition) is 8. The van der Waals surface area contributed by atoms with Crippen LogP contribution in [0.3, 0.4) is 0 Å². The summed E-state index contributed by atoms with van der Waals surface area (Å²) >= 11 is 8.33. The number of carbonyl (C=O) groups is 1. The van der Waals surface area contributed by atoms with Crippen LogP contribution in [-0.4, -0.2) is 59.3 Å². The number of fused-ring (bicyclic) bond motifs is 4. The molecule has 1 amide bonds. The number of rotatable bonds is 2. The van der Waals surface area contributed by atoms with Gasteiger partial charge < -0.3 is 18.6 Å². The summed E-state index contributed by atoms with van der Waals surface area (Å²) < 4.78 is 25.9. The van der Waals surface area contributed by atoms with Crippen LogP contribution in [0.1, 0.15) is 43.7 Å². The number of benzene rings is 1. The van der Waals surface area contributed by atoms with Gasteiger partial charge in [-0.3, -0.25) is 0 Å². The molecule has 0 radical (unpaired) electrons.